The first-order valence-electron chi connectivity index (χ1n) is 11.0. The third-order valence-corrected chi connectivity index (χ3v) is 5.93. The molecule has 3 aromatic heterocycles. The van der Waals surface area contributed by atoms with Crippen molar-refractivity contribution >= 4 is 22.8 Å². The predicted molar refractivity (Wildman–Crippen MR) is 129 cm³/mol. The summed E-state index contributed by atoms with van der Waals surface area (Å²) in [6, 6.07) is 13.7. The quantitative estimate of drug-likeness (QED) is 0.351. The van der Waals surface area contributed by atoms with Gasteiger partial charge in [0.15, 0.2) is 5.65 Å². The summed E-state index contributed by atoms with van der Waals surface area (Å²) in [5.41, 5.74) is 5.45. The first-order valence-corrected chi connectivity index (χ1v) is 11.4. The number of halogens is 1. The Labute approximate surface area is 201 Å². The van der Waals surface area contributed by atoms with E-state index in [9.17, 15) is 0 Å². The van der Waals surface area contributed by atoms with Crippen molar-refractivity contribution in [1.29, 1.82) is 0 Å². The molecule has 0 saturated heterocycles. The van der Waals surface area contributed by atoms with Gasteiger partial charge in [-0.1, -0.05) is 42.8 Å². The van der Waals surface area contributed by atoms with Crippen LogP contribution in [0.2, 0.25) is 5.02 Å². The summed E-state index contributed by atoms with van der Waals surface area (Å²) in [4.78, 5) is 13.6. The summed E-state index contributed by atoms with van der Waals surface area (Å²) in [6.45, 7) is 5.16. The zero-order chi connectivity index (χ0) is 23.5. The van der Waals surface area contributed by atoms with Crippen LogP contribution in [0.1, 0.15) is 36.0 Å². The lowest BCUT2D eigenvalue weighted by Crippen LogP contribution is -2.06. The maximum absolute atomic E-state index is 6.43. The summed E-state index contributed by atoms with van der Waals surface area (Å²) in [6.07, 6.45) is 3.51. The Morgan fingerprint density at radius 3 is 2.68 bits per heavy atom. The molecule has 0 bridgehead atoms. The number of H-pyrrole nitrogens is 1. The highest BCUT2D eigenvalue weighted by atomic mass is 35.5. The summed E-state index contributed by atoms with van der Waals surface area (Å²) in [5.74, 6) is 2.30. The number of aromatic amines is 1. The van der Waals surface area contributed by atoms with Crippen molar-refractivity contribution in [3.05, 3.63) is 76.5 Å². The number of aromatic nitrogens is 8. The van der Waals surface area contributed by atoms with Gasteiger partial charge in [0.2, 0.25) is 5.82 Å². The fourth-order valence-electron chi connectivity index (χ4n) is 3.80. The molecule has 0 saturated carbocycles. The molecule has 0 amide bonds. The topological polar surface area (TPSA) is 107 Å². The fourth-order valence-corrected chi connectivity index (χ4v) is 4.03. The van der Waals surface area contributed by atoms with Gasteiger partial charge in [0.1, 0.15) is 30.0 Å². The van der Waals surface area contributed by atoms with Gasteiger partial charge < -0.3 is 9.30 Å². The predicted octanol–water partition coefficient (Wildman–Crippen LogP) is 4.55. The minimum atomic E-state index is 0.355. The van der Waals surface area contributed by atoms with Crippen molar-refractivity contribution in [2.75, 3.05) is 0 Å². The zero-order valence-electron chi connectivity index (χ0n) is 18.9. The fraction of sp³-hybridized carbons (Fsp3) is 0.250. The van der Waals surface area contributed by atoms with E-state index in [4.69, 9.17) is 21.3 Å². The minimum absolute atomic E-state index is 0.355. The van der Waals surface area contributed by atoms with Gasteiger partial charge >= 0.3 is 0 Å². The summed E-state index contributed by atoms with van der Waals surface area (Å²) >= 11 is 6.43. The third kappa shape index (κ3) is 4.47. The van der Waals surface area contributed by atoms with Crippen LogP contribution in [0.15, 0.2) is 48.8 Å². The summed E-state index contributed by atoms with van der Waals surface area (Å²) in [5, 5.41) is 14.5. The second-order valence-electron chi connectivity index (χ2n) is 7.97. The molecule has 1 N–H and O–H groups in total. The summed E-state index contributed by atoms with van der Waals surface area (Å²) in [7, 11) is 0. The number of hydrogen-bond acceptors (Lipinski definition) is 7. The second-order valence-corrected chi connectivity index (χ2v) is 8.38. The average Bonchev–Trinajstić information content (AvgIpc) is 3.50. The maximum Gasteiger partial charge on any atom is 0.204 e. The van der Waals surface area contributed by atoms with Gasteiger partial charge in [0.05, 0.1) is 12.2 Å². The number of benzene rings is 2. The molecule has 0 unspecified atom stereocenters. The van der Waals surface area contributed by atoms with Crippen LogP contribution in [0.25, 0.3) is 22.6 Å². The van der Waals surface area contributed by atoms with E-state index in [1.165, 1.54) is 0 Å². The molecule has 3 heterocycles. The van der Waals surface area contributed by atoms with Gasteiger partial charge in [-0.05, 0) is 42.3 Å². The number of tetrazole rings is 1. The molecule has 5 aromatic rings. The lowest BCUT2D eigenvalue weighted by atomic mass is 10.1. The van der Waals surface area contributed by atoms with E-state index >= 15 is 0 Å². The van der Waals surface area contributed by atoms with Crippen LogP contribution in [-0.4, -0.2) is 40.1 Å². The van der Waals surface area contributed by atoms with E-state index < -0.39 is 0 Å². The third-order valence-electron chi connectivity index (χ3n) is 5.58. The van der Waals surface area contributed by atoms with Gasteiger partial charge in [-0.25, -0.2) is 15.0 Å². The van der Waals surface area contributed by atoms with Gasteiger partial charge in [-0.2, -0.15) is 5.21 Å². The van der Waals surface area contributed by atoms with Crippen LogP contribution >= 0.6 is 11.6 Å². The van der Waals surface area contributed by atoms with E-state index in [-0.39, 0.29) is 0 Å². The number of nitrogens with one attached hydrogen (secondary N) is 1. The van der Waals surface area contributed by atoms with Crippen LogP contribution < -0.4 is 4.74 Å². The van der Waals surface area contributed by atoms with E-state index in [1.54, 1.807) is 6.33 Å². The zero-order valence-corrected chi connectivity index (χ0v) is 19.6. The Hall–Kier alpha value is -3.85. The first-order chi connectivity index (χ1) is 16.6. The number of hydrogen-bond donors (Lipinski definition) is 1. The second kappa shape index (κ2) is 9.56. The number of ether oxygens (including phenoxy) is 1. The molecule has 34 heavy (non-hydrogen) atoms. The lowest BCUT2D eigenvalue weighted by Gasteiger charge is -2.11. The van der Waals surface area contributed by atoms with Crippen molar-refractivity contribution in [2.45, 2.75) is 39.8 Å². The molecule has 0 spiro atoms. The van der Waals surface area contributed by atoms with Crippen LogP contribution in [-0.2, 0) is 19.6 Å². The molecule has 0 aliphatic heterocycles. The van der Waals surface area contributed by atoms with Crippen molar-refractivity contribution < 1.29 is 4.74 Å². The molecule has 172 valence electrons. The SMILES string of the molecule is CCCc1nc2c(C)ncnc2n1Cc1ccc(OCc2ccc(-c3nn[nH]n3)cc2Cl)cc1. The molecule has 2 aromatic carbocycles. The van der Waals surface area contributed by atoms with Crippen molar-refractivity contribution in [2.24, 2.45) is 0 Å². The normalized spacial score (nSPS) is 11.3. The number of nitrogens with zero attached hydrogens (tertiary/aromatic N) is 7. The summed E-state index contributed by atoms with van der Waals surface area (Å²) < 4.78 is 8.14. The first kappa shape index (κ1) is 22.0. The minimum Gasteiger partial charge on any atom is -0.489 e. The number of rotatable bonds is 8. The largest absolute Gasteiger partial charge is 0.489 e. The van der Waals surface area contributed by atoms with E-state index in [2.05, 4.69) is 54.2 Å². The van der Waals surface area contributed by atoms with Gasteiger partial charge in [-0.15, -0.1) is 10.2 Å². The Bertz CT molecular complexity index is 1410. The molecule has 0 fully saturated rings. The monoisotopic (exact) mass is 474 g/mol. The number of aryl methyl sites for hydroxylation is 2. The Morgan fingerprint density at radius 2 is 1.94 bits per heavy atom. The van der Waals surface area contributed by atoms with Crippen LogP contribution in [0.3, 0.4) is 0 Å². The van der Waals surface area contributed by atoms with Crippen LogP contribution in [0, 0.1) is 6.92 Å². The van der Waals surface area contributed by atoms with Crippen LogP contribution in [0.4, 0.5) is 0 Å². The molecule has 0 atom stereocenters. The number of fused-ring (bicyclic) bond motifs is 1. The average molecular weight is 475 g/mol. The molecule has 0 aliphatic carbocycles. The van der Waals surface area contributed by atoms with Gasteiger partial charge in [-0.3, -0.25) is 0 Å². The van der Waals surface area contributed by atoms with Crippen LogP contribution in [0.5, 0.6) is 5.75 Å². The van der Waals surface area contributed by atoms with E-state index in [1.807, 2.05) is 37.3 Å². The molecular formula is C24H23ClN8O. The Morgan fingerprint density at radius 1 is 1.09 bits per heavy atom. The molecule has 0 radical (unpaired) electrons. The highest BCUT2D eigenvalue weighted by molar-refractivity contribution is 6.31. The van der Waals surface area contributed by atoms with Crippen molar-refractivity contribution in [1.82, 2.24) is 40.1 Å². The lowest BCUT2D eigenvalue weighted by molar-refractivity contribution is 0.306. The smallest absolute Gasteiger partial charge is 0.204 e. The van der Waals surface area contributed by atoms with E-state index in [0.29, 0.717) is 24.0 Å². The van der Waals surface area contributed by atoms with Crippen molar-refractivity contribution in [3.8, 4) is 17.1 Å². The standard InChI is InChI=1S/C24H23ClN8O/c1-3-4-21-28-22-15(2)26-14-27-24(22)33(21)12-16-5-9-19(10-6-16)34-13-18-8-7-17(11-20(18)25)23-29-31-32-30-23/h5-11,14H,3-4,12-13H2,1-2H3,(H,29,30,31,32). The molecule has 9 nitrogen and oxygen atoms in total. The molecular weight excluding hydrogens is 452 g/mol. The van der Waals surface area contributed by atoms with E-state index in [0.717, 1.165) is 58.0 Å². The Balaban J connectivity index is 1.29. The molecule has 0 aliphatic rings. The highest BCUT2D eigenvalue weighted by Gasteiger charge is 2.14. The van der Waals surface area contributed by atoms with Gasteiger partial charge in [0, 0.05) is 22.6 Å². The number of imidazole rings is 1. The molecule has 10 heteroatoms. The van der Waals surface area contributed by atoms with Crippen molar-refractivity contribution in [3.63, 3.8) is 0 Å². The van der Waals surface area contributed by atoms with Gasteiger partial charge in [0.25, 0.3) is 0 Å². The molecule has 5 rings (SSSR count). The Kier molecular flexibility index (Phi) is 6.18. The maximum atomic E-state index is 6.43. The highest BCUT2D eigenvalue weighted by Crippen LogP contribution is 2.25.